The number of aromatic nitrogens is 1. The first-order valence-corrected chi connectivity index (χ1v) is 6.87. The van der Waals surface area contributed by atoms with Crippen molar-refractivity contribution in [3.8, 4) is 0 Å². The fourth-order valence-electron chi connectivity index (χ4n) is 2.59. The van der Waals surface area contributed by atoms with Gasteiger partial charge in [-0.1, -0.05) is 26.8 Å². The van der Waals surface area contributed by atoms with Crippen LogP contribution in [0.15, 0.2) is 16.5 Å². The van der Waals surface area contributed by atoms with Crippen LogP contribution >= 0.6 is 0 Å². The van der Waals surface area contributed by atoms with Crippen LogP contribution in [-0.2, 0) is 6.42 Å². The maximum absolute atomic E-state index is 6.18. The van der Waals surface area contributed by atoms with E-state index in [1.165, 1.54) is 5.56 Å². The van der Waals surface area contributed by atoms with E-state index in [0.717, 1.165) is 29.0 Å². The number of fused-ring (bicyclic) bond motifs is 1. The summed E-state index contributed by atoms with van der Waals surface area (Å²) in [5.41, 5.74) is 10.6. The van der Waals surface area contributed by atoms with Crippen molar-refractivity contribution in [2.75, 3.05) is 0 Å². The first kappa shape index (κ1) is 14.1. The lowest BCUT2D eigenvalue weighted by atomic mass is 9.87. The van der Waals surface area contributed by atoms with Gasteiger partial charge in [0, 0.05) is 12.5 Å². The molecule has 0 radical (unpaired) electrons. The molecule has 3 heteroatoms. The number of benzene rings is 1. The third-order valence-corrected chi connectivity index (χ3v) is 3.18. The molecule has 1 aromatic heterocycles. The monoisotopic (exact) mass is 260 g/mol. The Morgan fingerprint density at radius 2 is 1.95 bits per heavy atom. The largest absolute Gasteiger partial charge is 0.440 e. The smallest absolute Gasteiger partial charge is 0.197 e. The summed E-state index contributed by atoms with van der Waals surface area (Å²) in [6.45, 7) is 10.7. The van der Waals surface area contributed by atoms with E-state index >= 15 is 0 Å². The van der Waals surface area contributed by atoms with Gasteiger partial charge in [0.05, 0.1) is 0 Å². The number of nitrogens with zero attached hydrogens (tertiary/aromatic N) is 1. The fraction of sp³-hybridized carbons (Fsp3) is 0.562. The Bertz CT molecular complexity index is 578. The fourth-order valence-corrected chi connectivity index (χ4v) is 2.59. The molecule has 104 valence electrons. The van der Waals surface area contributed by atoms with Crippen LogP contribution in [0.4, 0.5) is 0 Å². The highest BCUT2D eigenvalue weighted by atomic mass is 16.3. The minimum Gasteiger partial charge on any atom is -0.440 e. The van der Waals surface area contributed by atoms with Crippen LogP contribution in [0.5, 0.6) is 0 Å². The summed E-state index contributed by atoms with van der Waals surface area (Å²) >= 11 is 0. The lowest BCUT2D eigenvalue weighted by Gasteiger charge is -2.22. The molecule has 3 nitrogen and oxygen atoms in total. The van der Waals surface area contributed by atoms with E-state index in [4.69, 9.17) is 10.2 Å². The molecule has 2 N–H and O–H groups in total. The predicted octanol–water partition coefficient (Wildman–Crippen LogP) is 3.75. The second kappa shape index (κ2) is 4.97. The van der Waals surface area contributed by atoms with Crippen LogP contribution in [0.3, 0.4) is 0 Å². The Hall–Kier alpha value is -1.35. The number of rotatable bonds is 3. The van der Waals surface area contributed by atoms with Crippen LogP contribution in [0.25, 0.3) is 11.1 Å². The topological polar surface area (TPSA) is 52.0 Å². The van der Waals surface area contributed by atoms with Crippen molar-refractivity contribution in [1.29, 1.82) is 0 Å². The lowest BCUT2D eigenvalue weighted by molar-refractivity contribution is 0.329. The Balaban J connectivity index is 2.20. The van der Waals surface area contributed by atoms with Crippen molar-refractivity contribution < 1.29 is 4.42 Å². The highest BCUT2D eigenvalue weighted by Gasteiger charge is 2.18. The maximum Gasteiger partial charge on any atom is 0.197 e. The van der Waals surface area contributed by atoms with E-state index in [2.05, 4.69) is 51.7 Å². The third-order valence-electron chi connectivity index (χ3n) is 3.18. The molecule has 0 aliphatic rings. The zero-order chi connectivity index (χ0) is 14.2. The molecule has 0 aliphatic carbocycles. The standard InChI is InChI=1S/C16H24N2O/c1-10-6-11(2)15-13(7-10)18-14(19-15)8-12(17)9-16(3,4)5/h6-7,12H,8-9,17H2,1-5H3. The van der Waals surface area contributed by atoms with Gasteiger partial charge >= 0.3 is 0 Å². The van der Waals surface area contributed by atoms with Crippen LogP contribution in [-0.4, -0.2) is 11.0 Å². The summed E-state index contributed by atoms with van der Waals surface area (Å²) in [7, 11) is 0. The third kappa shape index (κ3) is 3.57. The average molecular weight is 260 g/mol. The van der Waals surface area contributed by atoms with E-state index in [-0.39, 0.29) is 11.5 Å². The maximum atomic E-state index is 6.18. The van der Waals surface area contributed by atoms with Gasteiger partial charge in [0.15, 0.2) is 11.5 Å². The molecule has 0 aliphatic heterocycles. The van der Waals surface area contributed by atoms with Crippen molar-refractivity contribution in [2.24, 2.45) is 11.1 Å². The molecule has 1 atom stereocenters. The molecule has 0 saturated heterocycles. The number of nitrogens with two attached hydrogens (primary N) is 1. The van der Waals surface area contributed by atoms with Crippen LogP contribution in [0.2, 0.25) is 0 Å². The van der Waals surface area contributed by atoms with E-state index in [1.54, 1.807) is 0 Å². The normalized spacial score (nSPS) is 14.0. The molecular weight excluding hydrogens is 236 g/mol. The van der Waals surface area contributed by atoms with Gasteiger partial charge in [-0.05, 0) is 42.9 Å². The highest BCUT2D eigenvalue weighted by molar-refractivity contribution is 5.77. The second-order valence-electron chi connectivity index (χ2n) is 6.77. The Labute approximate surface area is 115 Å². The van der Waals surface area contributed by atoms with E-state index in [9.17, 15) is 0 Å². The highest BCUT2D eigenvalue weighted by Crippen LogP contribution is 2.24. The summed E-state index contributed by atoms with van der Waals surface area (Å²) in [5, 5.41) is 0. The SMILES string of the molecule is Cc1cc(C)c2oc(CC(N)CC(C)(C)C)nc2c1. The van der Waals surface area contributed by atoms with Gasteiger partial charge in [-0.2, -0.15) is 0 Å². The molecule has 1 unspecified atom stereocenters. The Morgan fingerprint density at radius 1 is 1.26 bits per heavy atom. The van der Waals surface area contributed by atoms with Gasteiger partial charge in [-0.25, -0.2) is 4.98 Å². The first-order valence-electron chi connectivity index (χ1n) is 6.87. The molecule has 19 heavy (non-hydrogen) atoms. The van der Waals surface area contributed by atoms with Gasteiger partial charge in [0.2, 0.25) is 0 Å². The summed E-state index contributed by atoms with van der Waals surface area (Å²) in [6.07, 6.45) is 1.66. The van der Waals surface area contributed by atoms with E-state index in [0.29, 0.717) is 6.42 Å². The van der Waals surface area contributed by atoms with Gasteiger partial charge in [-0.15, -0.1) is 0 Å². The molecule has 1 aromatic carbocycles. The Morgan fingerprint density at radius 3 is 2.58 bits per heavy atom. The van der Waals surface area contributed by atoms with E-state index in [1.807, 2.05) is 0 Å². The molecule has 2 aromatic rings. The van der Waals surface area contributed by atoms with Crippen LogP contribution < -0.4 is 5.73 Å². The number of hydrogen-bond donors (Lipinski definition) is 1. The molecule has 0 bridgehead atoms. The van der Waals surface area contributed by atoms with Gasteiger partial charge < -0.3 is 10.2 Å². The predicted molar refractivity (Wildman–Crippen MR) is 79.2 cm³/mol. The summed E-state index contributed by atoms with van der Waals surface area (Å²) < 4.78 is 5.85. The van der Waals surface area contributed by atoms with E-state index < -0.39 is 0 Å². The number of aryl methyl sites for hydroxylation is 2. The van der Waals surface area contributed by atoms with Gasteiger partial charge in [-0.3, -0.25) is 0 Å². The van der Waals surface area contributed by atoms with Gasteiger partial charge in [0.1, 0.15) is 5.52 Å². The molecule has 1 heterocycles. The molecule has 0 amide bonds. The Kier molecular flexibility index (Phi) is 3.68. The zero-order valence-corrected chi connectivity index (χ0v) is 12.6. The molecule has 0 saturated carbocycles. The van der Waals surface area contributed by atoms with Crippen molar-refractivity contribution >= 4 is 11.1 Å². The minimum atomic E-state index is 0.0921. The molecule has 0 spiro atoms. The van der Waals surface area contributed by atoms with Crippen LogP contribution in [0, 0.1) is 19.3 Å². The molecule has 0 fully saturated rings. The van der Waals surface area contributed by atoms with Crippen LogP contribution in [0.1, 0.15) is 44.2 Å². The number of hydrogen-bond acceptors (Lipinski definition) is 3. The average Bonchev–Trinajstić information content (AvgIpc) is 2.56. The quantitative estimate of drug-likeness (QED) is 0.914. The zero-order valence-electron chi connectivity index (χ0n) is 12.6. The summed E-state index contributed by atoms with van der Waals surface area (Å²) in [5.74, 6) is 0.750. The minimum absolute atomic E-state index is 0.0921. The van der Waals surface area contributed by atoms with Crippen molar-refractivity contribution in [1.82, 2.24) is 4.98 Å². The molecule has 2 rings (SSSR count). The lowest BCUT2D eigenvalue weighted by Crippen LogP contribution is -2.28. The van der Waals surface area contributed by atoms with Crippen molar-refractivity contribution in [2.45, 2.75) is 53.5 Å². The molecular formula is C16H24N2O. The summed E-state index contributed by atoms with van der Waals surface area (Å²) in [4.78, 5) is 4.56. The van der Waals surface area contributed by atoms with Crippen molar-refractivity contribution in [3.63, 3.8) is 0 Å². The first-order chi connectivity index (χ1) is 8.74. The second-order valence-corrected chi connectivity index (χ2v) is 6.77. The number of oxazole rings is 1. The van der Waals surface area contributed by atoms with Gasteiger partial charge in [0.25, 0.3) is 0 Å². The van der Waals surface area contributed by atoms with Crippen molar-refractivity contribution in [3.05, 3.63) is 29.2 Å². The summed E-state index contributed by atoms with van der Waals surface area (Å²) in [6, 6.07) is 4.27.